The first-order valence-corrected chi connectivity index (χ1v) is 7.28. The molecule has 25 heavy (non-hydrogen) atoms. The van der Waals surface area contributed by atoms with Crippen LogP contribution in [0, 0.1) is 10.1 Å². The number of nitro groups is 1. The monoisotopic (exact) mass is 347 g/mol. The van der Waals surface area contributed by atoms with Gasteiger partial charge in [-0.1, -0.05) is 0 Å². The van der Waals surface area contributed by atoms with E-state index in [1.54, 1.807) is 6.92 Å². The van der Waals surface area contributed by atoms with Crippen LogP contribution in [-0.2, 0) is 19.0 Å². The maximum atomic E-state index is 11.9. The molecule has 1 aliphatic heterocycles. The lowest BCUT2D eigenvalue weighted by Gasteiger charge is -2.15. The molecule has 0 bridgehead atoms. The summed E-state index contributed by atoms with van der Waals surface area (Å²) in [6, 6.07) is 5.64. The molecule has 0 unspecified atom stereocenters. The zero-order valence-corrected chi connectivity index (χ0v) is 13.1. The van der Waals surface area contributed by atoms with Crippen molar-refractivity contribution in [3.05, 3.63) is 52.3 Å². The highest BCUT2D eigenvalue weighted by Crippen LogP contribution is 2.25. The molecule has 0 amide bonds. The van der Waals surface area contributed by atoms with Gasteiger partial charge in [-0.15, -0.1) is 10.2 Å². The lowest BCUT2D eigenvalue weighted by Crippen LogP contribution is -2.18. The fourth-order valence-electron chi connectivity index (χ4n) is 1.99. The van der Waals surface area contributed by atoms with Crippen LogP contribution in [0.5, 0.6) is 0 Å². The van der Waals surface area contributed by atoms with Gasteiger partial charge in [-0.3, -0.25) is 10.1 Å². The molecule has 1 aromatic carbocycles. The number of hydrogen-bond acceptors (Lipinski definition) is 9. The van der Waals surface area contributed by atoms with Crippen LogP contribution in [0.4, 0.5) is 5.69 Å². The van der Waals surface area contributed by atoms with Crippen molar-refractivity contribution in [1.29, 1.82) is 0 Å². The largest absolute Gasteiger partial charge is 0.493 e. The highest BCUT2D eigenvalue weighted by Gasteiger charge is 2.23. The summed E-state index contributed by atoms with van der Waals surface area (Å²) >= 11 is 0. The molecule has 0 saturated carbocycles. The topological polar surface area (TPSA) is 127 Å². The molecule has 1 aliphatic rings. The van der Waals surface area contributed by atoms with E-state index in [0.717, 1.165) is 0 Å². The van der Waals surface area contributed by atoms with Crippen molar-refractivity contribution in [3.8, 4) is 11.5 Å². The van der Waals surface area contributed by atoms with Crippen LogP contribution in [0.1, 0.15) is 18.9 Å². The summed E-state index contributed by atoms with van der Waals surface area (Å²) in [6.07, 6.45) is 0.382. The molecule has 3 rings (SSSR count). The average Bonchev–Trinajstić information content (AvgIpc) is 3.13. The molecule has 0 fully saturated rings. The molecular formula is C15H13N3O7. The van der Waals surface area contributed by atoms with Crippen molar-refractivity contribution in [2.75, 3.05) is 13.2 Å². The van der Waals surface area contributed by atoms with Crippen molar-refractivity contribution in [3.63, 3.8) is 0 Å². The minimum atomic E-state index is -0.807. The van der Waals surface area contributed by atoms with Crippen LogP contribution in [0.3, 0.4) is 0 Å². The molecule has 1 aromatic heterocycles. The Bertz CT molecular complexity index is 813. The van der Waals surface area contributed by atoms with Gasteiger partial charge in [0, 0.05) is 17.7 Å². The number of hydrogen-bond donors (Lipinski definition) is 0. The maximum Gasteiger partial charge on any atom is 0.377 e. The molecule has 0 radical (unpaired) electrons. The molecule has 1 atom stereocenters. The fourth-order valence-corrected chi connectivity index (χ4v) is 1.99. The molecule has 0 aliphatic carbocycles. The number of aromatic nitrogens is 2. The first kappa shape index (κ1) is 16.4. The number of non-ortho nitro benzene ring substituents is 1. The second kappa shape index (κ2) is 6.99. The van der Waals surface area contributed by atoms with E-state index in [1.807, 2.05) is 0 Å². The third-order valence-corrected chi connectivity index (χ3v) is 3.25. The Labute approximate surface area is 141 Å². The highest BCUT2D eigenvalue weighted by atomic mass is 16.6. The Morgan fingerprint density at radius 3 is 2.68 bits per heavy atom. The Morgan fingerprint density at radius 1 is 1.28 bits per heavy atom. The standard InChI is InChI=1S/C15H13N3O7/c1-9(24-15(19)12-8-22-6-7-23-12)13-16-17-14(25-13)10-2-4-11(5-3-10)18(20)21/h2-5,8-9H,6-7H2,1H3/t9-/m0/s1. The summed E-state index contributed by atoms with van der Waals surface area (Å²) in [5.41, 5.74) is 0.461. The maximum absolute atomic E-state index is 11.9. The van der Waals surface area contributed by atoms with Gasteiger partial charge in [-0.2, -0.15) is 0 Å². The minimum absolute atomic E-state index is 0.0341. The molecule has 2 heterocycles. The fraction of sp³-hybridized carbons (Fsp3) is 0.267. The van der Waals surface area contributed by atoms with E-state index < -0.39 is 17.0 Å². The van der Waals surface area contributed by atoms with Crippen LogP contribution in [0.25, 0.3) is 11.5 Å². The van der Waals surface area contributed by atoms with Crippen molar-refractivity contribution >= 4 is 11.7 Å². The predicted octanol–water partition coefficient (Wildman–Crippen LogP) is 2.14. The normalized spacial score (nSPS) is 14.7. The number of esters is 1. The Morgan fingerprint density at radius 2 is 2.04 bits per heavy atom. The third kappa shape index (κ3) is 3.74. The summed E-state index contributed by atoms with van der Waals surface area (Å²) in [7, 11) is 0. The van der Waals surface area contributed by atoms with Gasteiger partial charge in [0.15, 0.2) is 6.10 Å². The van der Waals surface area contributed by atoms with Crippen molar-refractivity contribution in [1.82, 2.24) is 10.2 Å². The van der Waals surface area contributed by atoms with Crippen LogP contribution in [0.15, 0.2) is 40.7 Å². The van der Waals surface area contributed by atoms with Gasteiger partial charge in [0.1, 0.15) is 19.5 Å². The van der Waals surface area contributed by atoms with E-state index in [-0.39, 0.29) is 29.8 Å². The van der Waals surface area contributed by atoms with E-state index in [1.165, 1.54) is 30.5 Å². The molecular weight excluding hydrogens is 334 g/mol. The smallest absolute Gasteiger partial charge is 0.377 e. The molecule has 2 aromatic rings. The predicted molar refractivity (Wildman–Crippen MR) is 80.9 cm³/mol. The van der Waals surface area contributed by atoms with Crippen LogP contribution < -0.4 is 0 Å². The molecule has 10 nitrogen and oxygen atoms in total. The Hall–Kier alpha value is -3.43. The van der Waals surface area contributed by atoms with Crippen LogP contribution >= 0.6 is 0 Å². The number of ether oxygens (including phenoxy) is 3. The van der Waals surface area contributed by atoms with Gasteiger partial charge in [-0.25, -0.2) is 4.79 Å². The second-order valence-corrected chi connectivity index (χ2v) is 5.00. The summed E-state index contributed by atoms with van der Waals surface area (Å²) in [5, 5.41) is 18.3. The van der Waals surface area contributed by atoms with Gasteiger partial charge < -0.3 is 18.6 Å². The minimum Gasteiger partial charge on any atom is -0.493 e. The van der Waals surface area contributed by atoms with E-state index >= 15 is 0 Å². The lowest BCUT2D eigenvalue weighted by molar-refractivity contribution is -0.384. The van der Waals surface area contributed by atoms with Gasteiger partial charge in [0.05, 0.1) is 4.92 Å². The van der Waals surface area contributed by atoms with Crippen LogP contribution in [-0.4, -0.2) is 34.3 Å². The lowest BCUT2D eigenvalue weighted by atomic mass is 10.2. The van der Waals surface area contributed by atoms with Crippen molar-refractivity contribution in [2.45, 2.75) is 13.0 Å². The summed E-state index contributed by atoms with van der Waals surface area (Å²) in [6.45, 7) is 2.20. The quantitative estimate of drug-likeness (QED) is 0.454. The molecule has 130 valence electrons. The first-order chi connectivity index (χ1) is 12.0. The number of nitro benzene ring substituents is 1. The zero-order valence-electron chi connectivity index (χ0n) is 13.1. The van der Waals surface area contributed by atoms with E-state index in [0.29, 0.717) is 12.2 Å². The summed E-state index contributed by atoms with van der Waals surface area (Å²) in [5.74, 6) is -0.501. The third-order valence-electron chi connectivity index (χ3n) is 3.25. The molecule has 0 N–H and O–H groups in total. The van der Waals surface area contributed by atoms with Crippen molar-refractivity contribution in [2.24, 2.45) is 0 Å². The van der Waals surface area contributed by atoms with Gasteiger partial charge in [-0.05, 0) is 19.1 Å². The number of carbonyl (C=O) groups is 1. The molecule has 0 spiro atoms. The zero-order chi connectivity index (χ0) is 17.8. The Balaban J connectivity index is 1.68. The Kier molecular flexibility index (Phi) is 4.59. The van der Waals surface area contributed by atoms with E-state index in [9.17, 15) is 14.9 Å². The van der Waals surface area contributed by atoms with E-state index in [2.05, 4.69) is 10.2 Å². The molecule has 0 saturated heterocycles. The van der Waals surface area contributed by atoms with Crippen molar-refractivity contribution < 1.29 is 28.3 Å². The molecule has 10 heteroatoms. The number of benzene rings is 1. The van der Waals surface area contributed by atoms with Gasteiger partial charge >= 0.3 is 5.97 Å². The summed E-state index contributed by atoms with van der Waals surface area (Å²) < 4.78 is 20.8. The number of carbonyl (C=O) groups excluding carboxylic acids is 1. The average molecular weight is 347 g/mol. The first-order valence-electron chi connectivity index (χ1n) is 7.28. The van der Waals surface area contributed by atoms with Gasteiger partial charge in [0.2, 0.25) is 11.6 Å². The highest BCUT2D eigenvalue weighted by molar-refractivity contribution is 5.86. The number of rotatable bonds is 5. The van der Waals surface area contributed by atoms with E-state index in [4.69, 9.17) is 18.6 Å². The number of nitrogens with zero attached hydrogens (tertiary/aromatic N) is 3. The second-order valence-electron chi connectivity index (χ2n) is 5.00. The van der Waals surface area contributed by atoms with Gasteiger partial charge in [0.25, 0.3) is 11.6 Å². The summed E-state index contributed by atoms with van der Waals surface area (Å²) in [4.78, 5) is 22.1. The SMILES string of the molecule is C[C@H](OC(=O)C1=COCCO1)c1nnc(-c2ccc([N+](=O)[O-])cc2)o1. The van der Waals surface area contributed by atoms with Crippen LogP contribution in [0.2, 0.25) is 0 Å².